The molecule has 0 heterocycles. The first kappa shape index (κ1) is 30.9. The van der Waals surface area contributed by atoms with E-state index in [0.717, 1.165) is 41.3 Å². The minimum absolute atomic E-state index is 1.08. The van der Waals surface area contributed by atoms with Gasteiger partial charge in [0.2, 0.25) is 0 Å². The van der Waals surface area contributed by atoms with Gasteiger partial charge in [-0.05, 0) is 106 Å². The third-order valence-electron chi connectivity index (χ3n) is 9.28. The molecule has 8 rings (SSSR count). The van der Waals surface area contributed by atoms with Crippen LogP contribution in [0.3, 0.4) is 0 Å². The zero-order chi connectivity index (χ0) is 33.5. The van der Waals surface area contributed by atoms with Gasteiger partial charge in [0.05, 0.1) is 0 Å². The van der Waals surface area contributed by atoms with Gasteiger partial charge in [-0.3, -0.25) is 0 Å². The molecule has 0 bridgehead atoms. The number of anilines is 5. The second-order valence-corrected chi connectivity index (χ2v) is 12.6. The summed E-state index contributed by atoms with van der Waals surface area (Å²) in [4.78, 5) is 2.30. The fraction of sp³-hybridized carbons (Fsp3) is 0.0417. The van der Waals surface area contributed by atoms with Gasteiger partial charge < -0.3 is 10.2 Å². The average molecular weight is 643 g/mol. The first-order valence-corrected chi connectivity index (χ1v) is 17.3. The van der Waals surface area contributed by atoms with Crippen molar-refractivity contribution < 1.29 is 0 Å². The summed E-state index contributed by atoms with van der Waals surface area (Å²) in [7, 11) is 0. The maximum atomic E-state index is 3.69. The van der Waals surface area contributed by atoms with E-state index in [-0.39, 0.29) is 0 Å². The van der Waals surface area contributed by atoms with Crippen LogP contribution in [0, 0.1) is 0 Å². The van der Waals surface area contributed by atoms with E-state index < -0.39 is 0 Å². The highest BCUT2D eigenvalue weighted by atomic mass is 15.1. The van der Waals surface area contributed by atoms with E-state index in [4.69, 9.17) is 0 Å². The van der Waals surface area contributed by atoms with Gasteiger partial charge in [-0.15, -0.1) is 0 Å². The van der Waals surface area contributed by atoms with Crippen LogP contribution < -0.4 is 10.2 Å². The predicted octanol–water partition coefficient (Wildman–Crippen LogP) is 13.6. The number of hydrogen-bond acceptors (Lipinski definition) is 2. The molecule has 1 aliphatic rings. The van der Waals surface area contributed by atoms with Crippen LogP contribution in [-0.4, -0.2) is 0 Å². The van der Waals surface area contributed by atoms with Crippen molar-refractivity contribution in [3.63, 3.8) is 0 Å². The number of benzene rings is 7. The van der Waals surface area contributed by atoms with Crippen molar-refractivity contribution in [1.29, 1.82) is 0 Å². The molecule has 0 atom stereocenters. The minimum Gasteiger partial charge on any atom is -0.355 e. The van der Waals surface area contributed by atoms with Crippen LogP contribution in [0.15, 0.2) is 200 Å². The van der Waals surface area contributed by atoms with Gasteiger partial charge in [0.15, 0.2) is 0 Å². The maximum absolute atomic E-state index is 3.69. The molecule has 0 amide bonds. The summed E-state index contributed by atoms with van der Waals surface area (Å²) in [6, 6.07) is 64.9. The molecule has 7 aromatic rings. The SMILES string of the molecule is C1=CC(c2ccc(-c3ccc(-c4ccc(-c5cccc(N(c6ccccc6)c6ccccc6)c5)cc4)cc3)c(Nc3ccccc3)c2)=CCC1. The van der Waals surface area contributed by atoms with Crippen molar-refractivity contribution in [2.24, 2.45) is 0 Å². The van der Waals surface area contributed by atoms with E-state index >= 15 is 0 Å². The number of allylic oxidation sites excluding steroid dienone is 4. The highest BCUT2D eigenvalue weighted by Gasteiger charge is 2.14. The predicted molar refractivity (Wildman–Crippen MR) is 214 cm³/mol. The third-order valence-corrected chi connectivity index (χ3v) is 9.28. The normalized spacial score (nSPS) is 12.3. The molecule has 0 radical (unpaired) electrons. The summed E-state index contributed by atoms with van der Waals surface area (Å²) >= 11 is 0. The number of nitrogens with one attached hydrogen (secondary N) is 1. The van der Waals surface area contributed by atoms with E-state index in [1.165, 1.54) is 44.5 Å². The van der Waals surface area contributed by atoms with E-state index in [9.17, 15) is 0 Å². The number of hydrogen-bond donors (Lipinski definition) is 1. The number of nitrogens with zero attached hydrogens (tertiary/aromatic N) is 1. The number of rotatable bonds is 9. The summed E-state index contributed by atoms with van der Waals surface area (Å²) in [6.45, 7) is 0. The van der Waals surface area contributed by atoms with Crippen LogP contribution in [0.2, 0.25) is 0 Å². The summed E-state index contributed by atoms with van der Waals surface area (Å²) in [6.07, 6.45) is 9.04. The number of para-hydroxylation sites is 3. The average Bonchev–Trinajstić information content (AvgIpc) is 3.20. The Balaban J connectivity index is 1.06. The van der Waals surface area contributed by atoms with Crippen LogP contribution in [0.5, 0.6) is 0 Å². The van der Waals surface area contributed by atoms with Crippen molar-refractivity contribution >= 4 is 34.0 Å². The van der Waals surface area contributed by atoms with Gasteiger partial charge in [0.1, 0.15) is 0 Å². The van der Waals surface area contributed by atoms with Crippen LogP contribution >= 0.6 is 0 Å². The molecular weight excluding hydrogens is 605 g/mol. The summed E-state index contributed by atoms with van der Waals surface area (Å²) in [5, 5.41) is 3.69. The molecule has 0 spiro atoms. The summed E-state index contributed by atoms with van der Waals surface area (Å²) in [5.41, 5.74) is 15.2. The first-order valence-electron chi connectivity index (χ1n) is 17.3. The van der Waals surface area contributed by atoms with Gasteiger partial charge in [-0.1, -0.05) is 146 Å². The van der Waals surface area contributed by atoms with Crippen molar-refractivity contribution in [1.82, 2.24) is 0 Å². The largest absolute Gasteiger partial charge is 0.355 e. The lowest BCUT2D eigenvalue weighted by atomic mass is 9.94. The maximum Gasteiger partial charge on any atom is 0.0470 e. The highest BCUT2D eigenvalue weighted by molar-refractivity contribution is 5.87. The molecule has 0 aliphatic heterocycles. The molecule has 2 nitrogen and oxygen atoms in total. The standard InChI is InChI=1S/C48H38N2/c1-5-14-36(15-6-1)42-32-33-47(48(35-42)49-43-17-7-2-8-18-43)40-30-28-38(29-31-40)37-24-26-39(27-25-37)41-16-13-23-46(34-41)50(44-19-9-3-10-20-44)45-21-11-4-12-22-45/h2-5,7-35,49H,1,6H2. The Labute approximate surface area is 295 Å². The molecular formula is C48H38N2. The fourth-order valence-corrected chi connectivity index (χ4v) is 6.71. The second-order valence-electron chi connectivity index (χ2n) is 12.6. The van der Waals surface area contributed by atoms with Crippen LogP contribution in [0.4, 0.5) is 28.4 Å². The molecule has 0 saturated heterocycles. The molecule has 240 valence electrons. The quantitative estimate of drug-likeness (QED) is 0.169. The third kappa shape index (κ3) is 6.78. The van der Waals surface area contributed by atoms with Crippen molar-refractivity contribution in [3.05, 3.63) is 206 Å². The molecule has 1 aliphatic carbocycles. The van der Waals surface area contributed by atoms with Gasteiger partial charge in [0.25, 0.3) is 0 Å². The van der Waals surface area contributed by atoms with Gasteiger partial charge in [-0.25, -0.2) is 0 Å². The van der Waals surface area contributed by atoms with E-state index in [2.05, 4.69) is 204 Å². The molecule has 2 heteroatoms. The van der Waals surface area contributed by atoms with E-state index in [0.29, 0.717) is 0 Å². The Morgan fingerprint density at radius 2 is 0.940 bits per heavy atom. The Hall–Kier alpha value is -6.38. The van der Waals surface area contributed by atoms with Crippen molar-refractivity contribution in [2.45, 2.75) is 12.8 Å². The van der Waals surface area contributed by atoms with Gasteiger partial charge in [0, 0.05) is 34.0 Å². The molecule has 0 saturated carbocycles. The van der Waals surface area contributed by atoms with E-state index in [1.54, 1.807) is 0 Å². The van der Waals surface area contributed by atoms with Gasteiger partial charge >= 0.3 is 0 Å². The fourth-order valence-electron chi connectivity index (χ4n) is 6.71. The zero-order valence-corrected chi connectivity index (χ0v) is 27.9. The molecule has 0 fully saturated rings. The summed E-state index contributed by atoms with van der Waals surface area (Å²) in [5.74, 6) is 0. The van der Waals surface area contributed by atoms with Gasteiger partial charge in [-0.2, -0.15) is 0 Å². The lowest BCUT2D eigenvalue weighted by Crippen LogP contribution is -2.09. The molecule has 1 N–H and O–H groups in total. The van der Waals surface area contributed by atoms with Crippen LogP contribution in [0.1, 0.15) is 18.4 Å². The minimum atomic E-state index is 1.08. The van der Waals surface area contributed by atoms with E-state index in [1.807, 2.05) is 6.07 Å². The molecule has 0 unspecified atom stereocenters. The van der Waals surface area contributed by atoms with Crippen molar-refractivity contribution in [2.75, 3.05) is 10.2 Å². The summed E-state index contributed by atoms with van der Waals surface area (Å²) < 4.78 is 0. The topological polar surface area (TPSA) is 15.3 Å². The molecule has 0 aromatic heterocycles. The van der Waals surface area contributed by atoms with Crippen LogP contribution in [-0.2, 0) is 0 Å². The lowest BCUT2D eigenvalue weighted by molar-refractivity contribution is 1.04. The Morgan fingerprint density at radius 3 is 1.54 bits per heavy atom. The Morgan fingerprint density at radius 1 is 0.400 bits per heavy atom. The highest BCUT2D eigenvalue weighted by Crippen LogP contribution is 2.38. The monoisotopic (exact) mass is 642 g/mol. The Bertz CT molecular complexity index is 2210. The van der Waals surface area contributed by atoms with Crippen LogP contribution in [0.25, 0.3) is 39.0 Å². The lowest BCUT2D eigenvalue weighted by Gasteiger charge is -2.25. The zero-order valence-electron chi connectivity index (χ0n) is 27.9. The van der Waals surface area contributed by atoms with Crippen molar-refractivity contribution in [3.8, 4) is 33.4 Å². The molecule has 50 heavy (non-hydrogen) atoms. The first-order chi connectivity index (χ1) is 24.8. The Kier molecular flexibility index (Phi) is 8.90. The smallest absolute Gasteiger partial charge is 0.0470 e. The molecule has 7 aromatic carbocycles. The second kappa shape index (κ2) is 14.4.